The Morgan fingerprint density at radius 1 is 1.09 bits per heavy atom. The zero-order valence-corrected chi connectivity index (χ0v) is 16.7. The molecule has 162 valence electrons. The van der Waals surface area contributed by atoms with E-state index in [1.807, 2.05) is 0 Å². The number of carbonyl (C=O) groups is 2. The lowest BCUT2D eigenvalue weighted by Crippen LogP contribution is -2.26. The predicted octanol–water partition coefficient (Wildman–Crippen LogP) is 2.08. The van der Waals surface area contributed by atoms with E-state index in [9.17, 15) is 14.0 Å². The molecule has 11 nitrogen and oxygen atoms in total. The number of anilines is 5. The molecule has 0 spiro atoms. The number of ether oxygens (including phenoxy) is 2. The highest BCUT2D eigenvalue weighted by Crippen LogP contribution is 2.37. The highest BCUT2D eigenvalue weighted by Gasteiger charge is 2.26. The molecule has 12 heteroatoms. The predicted molar refractivity (Wildman–Crippen MR) is 111 cm³/mol. The fourth-order valence-electron chi connectivity index (χ4n) is 3.26. The highest BCUT2D eigenvalue weighted by molar-refractivity contribution is 6.02. The largest absolute Gasteiger partial charge is 0.488 e. The minimum atomic E-state index is -0.715. The summed E-state index contributed by atoms with van der Waals surface area (Å²) in [7, 11) is 1.53. The minimum Gasteiger partial charge on any atom is -0.488 e. The average Bonchev–Trinajstić information content (AvgIpc) is 2.76. The van der Waals surface area contributed by atoms with Crippen molar-refractivity contribution in [3.8, 4) is 11.5 Å². The monoisotopic (exact) mass is 437 g/mol. The summed E-state index contributed by atoms with van der Waals surface area (Å²) in [5, 5.41) is 10.9. The lowest BCUT2D eigenvalue weighted by Gasteiger charge is -2.25. The van der Waals surface area contributed by atoms with Gasteiger partial charge < -0.3 is 30.7 Å². The van der Waals surface area contributed by atoms with E-state index < -0.39 is 5.82 Å². The number of pyridine rings is 1. The number of hydrogen-bond acceptors (Lipinski definition) is 9. The van der Waals surface area contributed by atoms with Crippen LogP contribution in [0.25, 0.3) is 0 Å². The summed E-state index contributed by atoms with van der Waals surface area (Å²) >= 11 is 0. The van der Waals surface area contributed by atoms with Crippen LogP contribution in [-0.2, 0) is 11.4 Å². The van der Waals surface area contributed by atoms with E-state index in [1.54, 1.807) is 24.3 Å². The third-order valence-electron chi connectivity index (χ3n) is 4.81. The zero-order chi connectivity index (χ0) is 22.2. The summed E-state index contributed by atoms with van der Waals surface area (Å²) in [6, 6.07) is 6.55. The first-order chi connectivity index (χ1) is 15.5. The van der Waals surface area contributed by atoms with E-state index in [-0.39, 0.29) is 41.8 Å². The normalized spacial score (nSPS) is 13.4. The maximum absolute atomic E-state index is 14.4. The third kappa shape index (κ3) is 3.47. The van der Waals surface area contributed by atoms with Crippen LogP contribution in [-0.4, -0.2) is 40.4 Å². The van der Waals surface area contributed by atoms with Gasteiger partial charge in [-0.25, -0.2) is 14.4 Å². The third-order valence-corrected chi connectivity index (χ3v) is 4.81. The molecule has 2 amide bonds. The van der Waals surface area contributed by atoms with Gasteiger partial charge >= 0.3 is 0 Å². The molecule has 0 bridgehead atoms. The van der Waals surface area contributed by atoms with Gasteiger partial charge in [-0.1, -0.05) is 0 Å². The van der Waals surface area contributed by atoms with Crippen LogP contribution < -0.4 is 30.7 Å². The molecule has 0 fully saturated rings. The van der Waals surface area contributed by atoms with Gasteiger partial charge in [0.25, 0.3) is 11.8 Å². The van der Waals surface area contributed by atoms with Gasteiger partial charge in [-0.2, -0.15) is 4.98 Å². The summed E-state index contributed by atoms with van der Waals surface area (Å²) in [5.41, 5.74) is 1.62. The number of amides is 2. The standard InChI is InChI=1S/C20H16FN7O4/c1-22-19(30)16-9-7-31-12(9)3-2-11(16)24-20-23-6-10(21)17(28-20)25-14-5-4-13-18(26-14)27-15(29)8-32-13/h2-6H,7-8H2,1H3,(H,22,30)(H3,23,24,25,26,27,28,29). The molecule has 2 aliphatic heterocycles. The van der Waals surface area contributed by atoms with E-state index >= 15 is 0 Å². The molecule has 0 saturated carbocycles. The van der Waals surface area contributed by atoms with Crippen LogP contribution in [0.3, 0.4) is 0 Å². The van der Waals surface area contributed by atoms with Crippen molar-refractivity contribution in [3.05, 3.63) is 47.4 Å². The van der Waals surface area contributed by atoms with Gasteiger partial charge in [0.2, 0.25) is 5.95 Å². The van der Waals surface area contributed by atoms with E-state index in [1.165, 1.54) is 7.05 Å². The Kier molecular flexibility index (Phi) is 4.66. The van der Waals surface area contributed by atoms with Crippen LogP contribution in [0.1, 0.15) is 15.9 Å². The van der Waals surface area contributed by atoms with Crippen molar-refractivity contribution in [1.82, 2.24) is 20.3 Å². The Morgan fingerprint density at radius 2 is 1.91 bits per heavy atom. The molecule has 5 rings (SSSR count). The highest BCUT2D eigenvalue weighted by atomic mass is 19.1. The van der Waals surface area contributed by atoms with Crippen molar-refractivity contribution in [2.24, 2.45) is 0 Å². The quantitative estimate of drug-likeness (QED) is 0.472. The van der Waals surface area contributed by atoms with Crippen LogP contribution in [0.2, 0.25) is 0 Å². The molecule has 0 radical (unpaired) electrons. The molecule has 0 atom stereocenters. The topological polar surface area (TPSA) is 139 Å². The Balaban J connectivity index is 1.42. The number of rotatable bonds is 5. The van der Waals surface area contributed by atoms with Crippen molar-refractivity contribution < 1.29 is 23.5 Å². The number of nitrogens with one attached hydrogen (secondary N) is 4. The number of fused-ring (bicyclic) bond motifs is 2. The second-order valence-corrected chi connectivity index (χ2v) is 6.85. The molecule has 3 aromatic rings. The number of benzene rings is 1. The van der Waals surface area contributed by atoms with E-state index in [4.69, 9.17) is 9.47 Å². The summed E-state index contributed by atoms with van der Waals surface area (Å²) in [4.78, 5) is 36.2. The molecule has 0 aliphatic carbocycles. The van der Waals surface area contributed by atoms with Crippen molar-refractivity contribution >= 4 is 40.9 Å². The van der Waals surface area contributed by atoms with Gasteiger partial charge in [0.15, 0.2) is 29.8 Å². The molecule has 2 aliphatic rings. The van der Waals surface area contributed by atoms with E-state index in [2.05, 4.69) is 36.2 Å². The summed E-state index contributed by atoms with van der Waals surface area (Å²) < 4.78 is 24.9. The molecule has 1 aromatic carbocycles. The summed E-state index contributed by atoms with van der Waals surface area (Å²) in [5.74, 6) is 0.0699. The fourth-order valence-corrected chi connectivity index (χ4v) is 3.26. The van der Waals surface area contributed by atoms with Crippen LogP contribution in [0.4, 0.5) is 33.5 Å². The number of aromatic nitrogens is 3. The molecule has 4 heterocycles. The lowest BCUT2D eigenvalue weighted by atomic mass is 10.0. The number of nitrogens with zero attached hydrogens (tertiary/aromatic N) is 3. The lowest BCUT2D eigenvalue weighted by molar-refractivity contribution is -0.118. The van der Waals surface area contributed by atoms with Gasteiger partial charge in [-0.15, -0.1) is 0 Å². The maximum Gasteiger partial charge on any atom is 0.263 e. The van der Waals surface area contributed by atoms with E-state index in [0.29, 0.717) is 29.4 Å². The molecule has 2 aromatic heterocycles. The van der Waals surface area contributed by atoms with Crippen LogP contribution >= 0.6 is 0 Å². The smallest absolute Gasteiger partial charge is 0.263 e. The summed E-state index contributed by atoms with van der Waals surface area (Å²) in [6.07, 6.45) is 0.991. The zero-order valence-electron chi connectivity index (χ0n) is 16.7. The van der Waals surface area contributed by atoms with Crippen LogP contribution in [0, 0.1) is 5.82 Å². The van der Waals surface area contributed by atoms with Crippen molar-refractivity contribution in [2.75, 3.05) is 29.6 Å². The number of carbonyl (C=O) groups excluding carboxylic acids is 2. The number of hydrogen-bond donors (Lipinski definition) is 4. The first-order valence-corrected chi connectivity index (χ1v) is 9.53. The molecular formula is C20H16FN7O4. The van der Waals surface area contributed by atoms with Gasteiger partial charge in [-0.3, -0.25) is 9.59 Å². The molecule has 0 unspecified atom stereocenters. The Morgan fingerprint density at radius 3 is 2.69 bits per heavy atom. The van der Waals surface area contributed by atoms with Crippen molar-refractivity contribution in [2.45, 2.75) is 6.61 Å². The number of halogens is 1. The Bertz CT molecular complexity index is 1270. The minimum absolute atomic E-state index is 0.0637. The fraction of sp³-hybridized carbons (Fsp3) is 0.150. The first kappa shape index (κ1) is 19.5. The van der Waals surface area contributed by atoms with Gasteiger partial charge in [0.1, 0.15) is 18.2 Å². The van der Waals surface area contributed by atoms with Crippen molar-refractivity contribution in [3.63, 3.8) is 0 Å². The molecule has 0 saturated heterocycles. The molecule has 4 N–H and O–H groups in total. The first-order valence-electron chi connectivity index (χ1n) is 9.53. The van der Waals surface area contributed by atoms with Crippen molar-refractivity contribution in [1.29, 1.82) is 0 Å². The van der Waals surface area contributed by atoms with Crippen LogP contribution in [0.5, 0.6) is 11.5 Å². The second kappa shape index (κ2) is 7.65. The van der Waals surface area contributed by atoms with Gasteiger partial charge in [0.05, 0.1) is 17.4 Å². The SMILES string of the molecule is CNC(=O)c1c(Nc2ncc(F)c(Nc3ccc4c(n3)NC(=O)CO4)n2)ccc2c1CO2. The molecule has 32 heavy (non-hydrogen) atoms. The maximum atomic E-state index is 14.4. The average molecular weight is 437 g/mol. The Hall–Kier alpha value is -4.48. The van der Waals surface area contributed by atoms with Gasteiger partial charge in [-0.05, 0) is 24.3 Å². The molecular weight excluding hydrogens is 421 g/mol. The summed E-state index contributed by atoms with van der Waals surface area (Å²) in [6.45, 7) is 0.221. The van der Waals surface area contributed by atoms with Gasteiger partial charge in [0, 0.05) is 12.6 Å². The van der Waals surface area contributed by atoms with E-state index in [0.717, 1.165) is 11.8 Å². The Labute approximate surface area is 180 Å². The van der Waals surface area contributed by atoms with Crippen LogP contribution in [0.15, 0.2) is 30.5 Å². The second-order valence-electron chi connectivity index (χ2n) is 6.85.